The fourth-order valence-electron chi connectivity index (χ4n) is 3.55. The maximum absolute atomic E-state index is 12.5. The number of hydrogen-bond acceptors (Lipinski definition) is 7. The van der Waals surface area contributed by atoms with Gasteiger partial charge in [0, 0.05) is 38.9 Å². The quantitative estimate of drug-likeness (QED) is 0.591. The highest BCUT2D eigenvalue weighted by Crippen LogP contribution is 2.32. The Balaban J connectivity index is 1.33. The Morgan fingerprint density at radius 3 is 2.61 bits per heavy atom. The summed E-state index contributed by atoms with van der Waals surface area (Å²) in [4.78, 5) is 16.8. The Bertz CT molecular complexity index is 1090. The van der Waals surface area contributed by atoms with E-state index in [2.05, 4.69) is 10.2 Å². The number of rotatable bonds is 5. The Morgan fingerprint density at radius 1 is 1.06 bits per heavy atom. The first-order valence-corrected chi connectivity index (χ1v) is 9.93. The lowest BCUT2D eigenvalue weighted by Crippen LogP contribution is -2.43. The summed E-state index contributed by atoms with van der Waals surface area (Å²) >= 11 is 0. The molecule has 2 heterocycles. The molecule has 0 atom stereocenters. The van der Waals surface area contributed by atoms with Crippen LogP contribution in [0.25, 0.3) is 0 Å². The number of ether oxygens (including phenoxy) is 2. The van der Waals surface area contributed by atoms with E-state index >= 15 is 0 Å². The van der Waals surface area contributed by atoms with Gasteiger partial charge < -0.3 is 19.7 Å². The molecule has 0 bridgehead atoms. The first-order valence-electron chi connectivity index (χ1n) is 9.93. The minimum absolute atomic E-state index is 0.0111. The Kier molecular flexibility index (Phi) is 6.02. The van der Waals surface area contributed by atoms with Gasteiger partial charge in [-0.05, 0) is 29.8 Å². The van der Waals surface area contributed by atoms with Crippen LogP contribution >= 0.6 is 0 Å². The molecule has 0 aromatic heterocycles. The van der Waals surface area contributed by atoms with Crippen LogP contribution in [-0.4, -0.2) is 48.7 Å². The van der Waals surface area contributed by atoms with Crippen molar-refractivity contribution in [2.75, 3.05) is 38.3 Å². The molecule has 0 saturated carbocycles. The normalized spacial score (nSPS) is 15.8. The van der Waals surface area contributed by atoms with E-state index in [0.717, 1.165) is 36.7 Å². The number of nitriles is 2. The van der Waals surface area contributed by atoms with Gasteiger partial charge >= 0.3 is 0 Å². The number of benzene rings is 2. The average molecular weight is 415 g/mol. The number of amides is 1. The summed E-state index contributed by atoms with van der Waals surface area (Å²) in [7, 11) is 0. The largest absolute Gasteiger partial charge is 0.454 e. The standard InChI is InChI=1S/C23H21N5O3/c24-12-18-3-1-2-4-20(18)26-23(29)19(13-25)15-28-9-7-27(8-10-28)14-17-5-6-21-22(11-17)31-16-30-21/h1-6,11,15H,7-10,14,16H2,(H,26,29)/b19-15-. The van der Waals surface area contributed by atoms with E-state index in [9.17, 15) is 10.1 Å². The number of fused-ring (bicyclic) bond motifs is 1. The van der Waals surface area contributed by atoms with Crippen molar-refractivity contribution in [3.8, 4) is 23.6 Å². The molecule has 31 heavy (non-hydrogen) atoms. The Morgan fingerprint density at radius 2 is 1.84 bits per heavy atom. The zero-order valence-corrected chi connectivity index (χ0v) is 16.9. The van der Waals surface area contributed by atoms with Crippen LogP contribution in [0.1, 0.15) is 11.1 Å². The molecule has 0 spiro atoms. The average Bonchev–Trinajstić information content (AvgIpc) is 3.27. The summed E-state index contributed by atoms with van der Waals surface area (Å²) in [6.45, 7) is 4.09. The summed E-state index contributed by atoms with van der Waals surface area (Å²) in [5, 5.41) is 21.3. The van der Waals surface area contributed by atoms with Gasteiger partial charge in [0.1, 0.15) is 17.7 Å². The fraction of sp³-hybridized carbons (Fsp3) is 0.261. The van der Waals surface area contributed by atoms with E-state index in [1.807, 2.05) is 35.2 Å². The molecule has 1 amide bonds. The molecule has 2 aromatic carbocycles. The first-order chi connectivity index (χ1) is 15.2. The van der Waals surface area contributed by atoms with Gasteiger partial charge in [-0.3, -0.25) is 9.69 Å². The van der Waals surface area contributed by atoms with Crippen LogP contribution in [0, 0.1) is 22.7 Å². The van der Waals surface area contributed by atoms with Gasteiger partial charge in [0.05, 0.1) is 11.3 Å². The summed E-state index contributed by atoms with van der Waals surface area (Å²) in [6, 6.07) is 16.7. The number of nitrogens with one attached hydrogen (secondary N) is 1. The van der Waals surface area contributed by atoms with Crippen molar-refractivity contribution >= 4 is 11.6 Å². The number of carbonyl (C=O) groups is 1. The maximum Gasteiger partial charge on any atom is 0.267 e. The SMILES string of the molecule is N#C/C(=C/N1CCN(Cc2ccc3c(c2)OCO3)CC1)C(=O)Nc1ccccc1C#N. The summed E-state index contributed by atoms with van der Waals surface area (Å²) in [5.74, 6) is 1.04. The number of piperazine rings is 1. The van der Waals surface area contributed by atoms with Gasteiger partial charge in [-0.15, -0.1) is 0 Å². The molecule has 156 valence electrons. The van der Waals surface area contributed by atoms with Gasteiger partial charge in [-0.1, -0.05) is 18.2 Å². The molecule has 0 unspecified atom stereocenters. The lowest BCUT2D eigenvalue weighted by atomic mass is 10.1. The van der Waals surface area contributed by atoms with Gasteiger partial charge in [0.2, 0.25) is 6.79 Å². The van der Waals surface area contributed by atoms with Crippen molar-refractivity contribution in [2.24, 2.45) is 0 Å². The van der Waals surface area contributed by atoms with E-state index in [4.69, 9.17) is 14.7 Å². The summed E-state index contributed by atoms with van der Waals surface area (Å²) < 4.78 is 10.8. The molecule has 1 fully saturated rings. The predicted octanol–water partition coefficient (Wildman–Crippen LogP) is 2.45. The zero-order chi connectivity index (χ0) is 21.6. The highest BCUT2D eigenvalue weighted by Gasteiger charge is 2.19. The number of anilines is 1. The smallest absolute Gasteiger partial charge is 0.267 e. The van der Waals surface area contributed by atoms with Crippen LogP contribution in [0.15, 0.2) is 54.2 Å². The molecule has 0 aliphatic carbocycles. The summed E-state index contributed by atoms with van der Waals surface area (Å²) in [5.41, 5.74) is 1.91. The molecule has 1 saturated heterocycles. The highest BCUT2D eigenvalue weighted by molar-refractivity contribution is 6.07. The monoisotopic (exact) mass is 415 g/mol. The molecule has 4 rings (SSSR count). The predicted molar refractivity (Wildman–Crippen MR) is 113 cm³/mol. The van der Waals surface area contributed by atoms with Crippen LogP contribution in [0.4, 0.5) is 5.69 Å². The number of para-hydroxylation sites is 1. The van der Waals surface area contributed by atoms with E-state index in [-0.39, 0.29) is 12.4 Å². The Labute approximate surface area is 180 Å². The highest BCUT2D eigenvalue weighted by atomic mass is 16.7. The second kappa shape index (κ2) is 9.21. The van der Waals surface area contributed by atoms with Crippen molar-refractivity contribution < 1.29 is 14.3 Å². The molecule has 2 aromatic rings. The van der Waals surface area contributed by atoms with Gasteiger partial charge in [-0.2, -0.15) is 10.5 Å². The number of carbonyl (C=O) groups excluding carboxylic acids is 1. The zero-order valence-electron chi connectivity index (χ0n) is 16.9. The van der Waals surface area contributed by atoms with E-state index in [0.29, 0.717) is 24.3 Å². The van der Waals surface area contributed by atoms with Gasteiger partial charge in [0.25, 0.3) is 5.91 Å². The molecule has 8 nitrogen and oxygen atoms in total. The van der Waals surface area contributed by atoms with Crippen LogP contribution in [0.5, 0.6) is 11.5 Å². The van der Waals surface area contributed by atoms with Gasteiger partial charge in [0.15, 0.2) is 11.5 Å². The molecular formula is C23H21N5O3. The molecule has 0 radical (unpaired) electrons. The third kappa shape index (κ3) is 4.77. The van der Waals surface area contributed by atoms with Crippen molar-refractivity contribution in [1.29, 1.82) is 10.5 Å². The van der Waals surface area contributed by atoms with Crippen molar-refractivity contribution in [1.82, 2.24) is 9.80 Å². The molecular weight excluding hydrogens is 394 g/mol. The number of nitrogens with zero attached hydrogens (tertiary/aromatic N) is 4. The molecule has 8 heteroatoms. The lowest BCUT2D eigenvalue weighted by Gasteiger charge is -2.34. The van der Waals surface area contributed by atoms with Crippen molar-refractivity contribution in [2.45, 2.75) is 6.54 Å². The van der Waals surface area contributed by atoms with Gasteiger partial charge in [-0.25, -0.2) is 0 Å². The molecule has 2 aliphatic heterocycles. The lowest BCUT2D eigenvalue weighted by molar-refractivity contribution is -0.112. The molecule has 2 aliphatic rings. The third-order valence-electron chi connectivity index (χ3n) is 5.22. The van der Waals surface area contributed by atoms with Crippen LogP contribution in [0.3, 0.4) is 0 Å². The van der Waals surface area contributed by atoms with Crippen LogP contribution in [-0.2, 0) is 11.3 Å². The van der Waals surface area contributed by atoms with E-state index in [1.54, 1.807) is 30.5 Å². The first kappa shape index (κ1) is 20.3. The Hall–Kier alpha value is -4.01. The number of hydrogen-bond donors (Lipinski definition) is 1. The van der Waals surface area contributed by atoms with Crippen LogP contribution < -0.4 is 14.8 Å². The van der Waals surface area contributed by atoms with E-state index in [1.165, 1.54) is 0 Å². The van der Waals surface area contributed by atoms with E-state index < -0.39 is 5.91 Å². The second-order valence-electron chi connectivity index (χ2n) is 7.27. The fourth-order valence-corrected chi connectivity index (χ4v) is 3.55. The second-order valence-corrected chi connectivity index (χ2v) is 7.27. The van der Waals surface area contributed by atoms with Crippen molar-refractivity contribution in [3.63, 3.8) is 0 Å². The minimum Gasteiger partial charge on any atom is -0.454 e. The summed E-state index contributed by atoms with van der Waals surface area (Å²) in [6.07, 6.45) is 1.60. The topological polar surface area (TPSA) is 102 Å². The molecule has 1 N–H and O–H groups in total. The van der Waals surface area contributed by atoms with Crippen LogP contribution in [0.2, 0.25) is 0 Å². The maximum atomic E-state index is 12.5. The minimum atomic E-state index is -0.520. The van der Waals surface area contributed by atoms with Crippen molar-refractivity contribution in [3.05, 3.63) is 65.4 Å². The third-order valence-corrected chi connectivity index (χ3v) is 5.22.